The molecule has 1 unspecified atom stereocenters. The molecule has 0 aromatic heterocycles. The van der Waals surface area contributed by atoms with E-state index in [0.29, 0.717) is 6.42 Å². The van der Waals surface area contributed by atoms with Gasteiger partial charge in [-0.1, -0.05) is 128 Å². The molecule has 1 atom stereocenters. The van der Waals surface area contributed by atoms with E-state index in [-0.39, 0.29) is 6.42 Å². The van der Waals surface area contributed by atoms with Gasteiger partial charge in [0.2, 0.25) is 0 Å². The molecule has 0 rings (SSSR count). The quantitative estimate of drug-likeness (QED) is 0.117. The Morgan fingerprint density at radius 2 is 1.00 bits per heavy atom. The lowest BCUT2D eigenvalue weighted by Crippen LogP contribution is -2.16. The molecule has 2 N–H and O–H groups in total. The van der Waals surface area contributed by atoms with Gasteiger partial charge in [0.05, 0.1) is 12.3 Å². The van der Waals surface area contributed by atoms with Crippen molar-refractivity contribution in [3.63, 3.8) is 0 Å². The van der Waals surface area contributed by atoms with Gasteiger partial charge < -0.3 is 10.2 Å². The first-order valence-corrected chi connectivity index (χ1v) is 13.2. The fraction of sp³-hybridized carbons (Fsp3) is 0.852. The number of rotatable bonds is 24. The van der Waals surface area contributed by atoms with Crippen LogP contribution in [0.3, 0.4) is 0 Å². The third kappa shape index (κ3) is 23.2. The van der Waals surface area contributed by atoms with Crippen LogP contribution in [-0.4, -0.2) is 22.2 Å². The summed E-state index contributed by atoms with van der Waals surface area (Å²) in [5.74, 6) is -2.89. The first kappa shape index (κ1) is 29.7. The van der Waals surface area contributed by atoms with Crippen molar-refractivity contribution in [1.82, 2.24) is 0 Å². The zero-order chi connectivity index (χ0) is 23.0. The van der Waals surface area contributed by atoms with Gasteiger partial charge in [0.15, 0.2) is 0 Å². The first-order valence-electron chi connectivity index (χ1n) is 13.2. The van der Waals surface area contributed by atoms with Gasteiger partial charge in [0, 0.05) is 0 Å². The molecule has 4 heteroatoms. The first-order chi connectivity index (χ1) is 15.1. The molecule has 0 heterocycles. The lowest BCUT2D eigenvalue weighted by atomic mass is 10.0. The van der Waals surface area contributed by atoms with Crippen LogP contribution in [0.15, 0.2) is 12.2 Å². The summed E-state index contributed by atoms with van der Waals surface area (Å²) in [5.41, 5.74) is 0. The smallest absolute Gasteiger partial charge is 0.307 e. The van der Waals surface area contributed by atoms with Crippen molar-refractivity contribution in [2.24, 2.45) is 5.92 Å². The third-order valence-corrected chi connectivity index (χ3v) is 6.08. The van der Waals surface area contributed by atoms with E-state index in [9.17, 15) is 9.59 Å². The van der Waals surface area contributed by atoms with Crippen molar-refractivity contribution in [2.75, 3.05) is 0 Å². The average Bonchev–Trinajstić information content (AvgIpc) is 2.73. The molecule has 0 aliphatic rings. The number of hydrogen-bond donors (Lipinski definition) is 2. The second-order valence-electron chi connectivity index (χ2n) is 9.14. The molecular weight excluding hydrogens is 388 g/mol. The number of unbranched alkanes of at least 4 members (excludes halogenated alkanes) is 18. The van der Waals surface area contributed by atoms with Crippen LogP contribution in [-0.2, 0) is 9.59 Å². The summed E-state index contributed by atoms with van der Waals surface area (Å²) < 4.78 is 0. The van der Waals surface area contributed by atoms with E-state index in [1.807, 2.05) is 12.2 Å². The molecule has 4 nitrogen and oxygen atoms in total. The molecule has 0 amide bonds. The van der Waals surface area contributed by atoms with Gasteiger partial charge in [-0.3, -0.25) is 9.59 Å². The van der Waals surface area contributed by atoms with E-state index in [1.54, 1.807) is 0 Å². The molecule has 0 aliphatic heterocycles. The SMILES string of the molecule is CCCCCCCCCCCCCCCCCCCCC=CCC(CC(=O)O)C(=O)O. The number of carboxylic acid groups (broad SMARTS) is 2. The number of allylic oxidation sites excluding steroid dienone is 2. The average molecular weight is 439 g/mol. The highest BCUT2D eigenvalue weighted by atomic mass is 16.4. The Morgan fingerprint density at radius 3 is 1.35 bits per heavy atom. The normalized spacial score (nSPS) is 12.4. The molecule has 0 spiro atoms. The minimum absolute atomic E-state index is 0.306. The van der Waals surface area contributed by atoms with Crippen molar-refractivity contribution in [3.05, 3.63) is 12.2 Å². The zero-order valence-corrected chi connectivity index (χ0v) is 20.3. The molecule has 0 fully saturated rings. The Labute approximate surface area is 191 Å². The summed E-state index contributed by atoms with van der Waals surface area (Å²) in [7, 11) is 0. The van der Waals surface area contributed by atoms with Crippen molar-refractivity contribution in [1.29, 1.82) is 0 Å². The lowest BCUT2D eigenvalue weighted by Gasteiger charge is -2.05. The van der Waals surface area contributed by atoms with Gasteiger partial charge in [-0.15, -0.1) is 0 Å². The van der Waals surface area contributed by atoms with Crippen LogP contribution < -0.4 is 0 Å². The Morgan fingerprint density at radius 1 is 0.613 bits per heavy atom. The number of hydrogen-bond acceptors (Lipinski definition) is 2. The summed E-state index contributed by atoms with van der Waals surface area (Å²) >= 11 is 0. The van der Waals surface area contributed by atoms with Gasteiger partial charge in [-0.25, -0.2) is 0 Å². The van der Waals surface area contributed by atoms with E-state index in [0.717, 1.165) is 12.8 Å². The molecule has 0 bridgehead atoms. The monoisotopic (exact) mass is 438 g/mol. The molecule has 0 saturated heterocycles. The predicted molar refractivity (Wildman–Crippen MR) is 131 cm³/mol. The summed E-state index contributed by atoms with van der Waals surface area (Å²) in [6.07, 6.45) is 29.5. The van der Waals surface area contributed by atoms with Crippen molar-refractivity contribution in [3.8, 4) is 0 Å². The Bertz CT molecular complexity index is 445. The van der Waals surface area contributed by atoms with Gasteiger partial charge in [0.25, 0.3) is 0 Å². The number of carbonyl (C=O) groups is 2. The predicted octanol–water partition coefficient (Wildman–Crippen LogP) is 8.54. The van der Waals surface area contributed by atoms with E-state index in [1.165, 1.54) is 109 Å². The highest BCUT2D eigenvalue weighted by molar-refractivity contribution is 5.77. The minimum Gasteiger partial charge on any atom is -0.481 e. The zero-order valence-electron chi connectivity index (χ0n) is 20.3. The molecular formula is C27H50O4. The van der Waals surface area contributed by atoms with Crippen LogP contribution in [0.2, 0.25) is 0 Å². The summed E-state index contributed by atoms with van der Waals surface area (Å²) in [6, 6.07) is 0. The van der Waals surface area contributed by atoms with Crippen LogP contribution in [0.1, 0.15) is 142 Å². The van der Waals surface area contributed by atoms with E-state index >= 15 is 0 Å². The second kappa shape index (κ2) is 23.3. The maximum absolute atomic E-state index is 11.0. The van der Waals surface area contributed by atoms with Crippen molar-refractivity contribution >= 4 is 11.9 Å². The minimum atomic E-state index is -1.05. The van der Waals surface area contributed by atoms with E-state index < -0.39 is 17.9 Å². The number of carboxylic acids is 2. The molecule has 0 aliphatic carbocycles. The highest BCUT2D eigenvalue weighted by Gasteiger charge is 2.19. The molecule has 31 heavy (non-hydrogen) atoms. The van der Waals surface area contributed by atoms with Gasteiger partial charge in [-0.2, -0.15) is 0 Å². The third-order valence-electron chi connectivity index (χ3n) is 6.08. The van der Waals surface area contributed by atoms with Gasteiger partial charge >= 0.3 is 11.9 Å². The van der Waals surface area contributed by atoms with E-state index in [4.69, 9.17) is 10.2 Å². The Hall–Kier alpha value is -1.32. The number of aliphatic carboxylic acids is 2. The summed E-state index contributed by atoms with van der Waals surface area (Å²) in [4.78, 5) is 21.6. The topological polar surface area (TPSA) is 74.6 Å². The highest BCUT2D eigenvalue weighted by Crippen LogP contribution is 2.15. The largest absolute Gasteiger partial charge is 0.481 e. The molecule has 0 aromatic rings. The molecule has 0 aromatic carbocycles. The molecule has 0 saturated carbocycles. The van der Waals surface area contributed by atoms with Gasteiger partial charge in [-0.05, 0) is 19.3 Å². The van der Waals surface area contributed by atoms with Crippen LogP contribution in [0.4, 0.5) is 0 Å². The second-order valence-corrected chi connectivity index (χ2v) is 9.14. The Kier molecular flexibility index (Phi) is 22.4. The van der Waals surface area contributed by atoms with Gasteiger partial charge in [0.1, 0.15) is 0 Å². The van der Waals surface area contributed by atoms with Crippen molar-refractivity contribution < 1.29 is 19.8 Å². The van der Waals surface area contributed by atoms with Crippen LogP contribution in [0, 0.1) is 5.92 Å². The fourth-order valence-corrected chi connectivity index (χ4v) is 4.02. The fourth-order valence-electron chi connectivity index (χ4n) is 4.02. The summed E-state index contributed by atoms with van der Waals surface area (Å²) in [6.45, 7) is 2.28. The maximum Gasteiger partial charge on any atom is 0.307 e. The standard InChI is InChI=1S/C27H50O4/c1-2-3-4-5-6-7-8-9-10-11-12-13-14-15-16-17-18-19-20-21-22-23-25(27(30)31)24-26(28)29/h21-22,25H,2-20,23-24H2,1H3,(H,28,29)(H,30,31). The maximum atomic E-state index is 11.0. The Balaban J connectivity index is 3.28. The van der Waals surface area contributed by atoms with E-state index in [2.05, 4.69) is 6.92 Å². The van der Waals surface area contributed by atoms with Crippen LogP contribution in [0.5, 0.6) is 0 Å². The molecule has 0 radical (unpaired) electrons. The van der Waals surface area contributed by atoms with Crippen molar-refractivity contribution in [2.45, 2.75) is 142 Å². The van der Waals surface area contributed by atoms with Crippen LogP contribution in [0.25, 0.3) is 0 Å². The van der Waals surface area contributed by atoms with Crippen LogP contribution >= 0.6 is 0 Å². The summed E-state index contributed by atoms with van der Waals surface area (Å²) in [5, 5.41) is 17.7. The lowest BCUT2D eigenvalue weighted by molar-refractivity contribution is -0.148. The molecule has 182 valence electrons.